The summed E-state index contributed by atoms with van der Waals surface area (Å²) < 4.78 is 5.41. The molecule has 3 aliphatic rings. The molecule has 0 bridgehead atoms. The quantitative estimate of drug-likeness (QED) is 0.768. The highest BCUT2D eigenvalue weighted by atomic mass is 16.5. The first kappa shape index (κ1) is 13.3. The molecule has 108 valence electrons. The summed E-state index contributed by atoms with van der Waals surface area (Å²) in [6.07, 6.45) is 4.22. The minimum Gasteiger partial charge on any atom is -0.381 e. The van der Waals surface area contributed by atoms with E-state index in [1.807, 2.05) is 0 Å². The first-order valence-electron chi connectivity index (χ1n) is 7.69. The molecule has 0 aromatic rings. The van der Waals surface area contributed by atoms with Crippen molar-refractivity contribution in [1.82, 2.24) is 15.1 Å². The molecule has 3 aliphatic heterocycles. The Bertz CT molecular complexity index is 284. The first-order chi connectivity index (χ1) is 9.36. The normalized spacial score (nSPS) is 31.7. The van der Waals surface area contributed by atoms with Crippen molar-refractivity contribution in [2.24, 2.45) is 0 Å². The molecule has 3 rings (SSSR count). The minimum absolute atomic E-state index is 0.138. The van der Waals surface area contributed by atoms with Gasteiger partial charge in [0.25, 0.3) is 0 Å². The lowest BCUT2D eigenvalue weighted by Gasteiger charge is -2.43. The first-order valence-corrected chi connectivity index (χ1v) is 7.69. The van der Waals surface area contributed by atoms with E-state index in [1.54, 1.807) is 0 Å². The van der Waals surface area contributed by atoms with E-state index in [-0.39, 0.29) is 6.04 Å². The summed E-state index contributed by atoms with van der Waals surface area (Å²) in [6.45, 7) is 6.63. The third-order valence-electron chi connectivity index (χ3n) is 4.67. The van der Waals surface area contributed by atoms with Crippen molar-refractivity contribution in [2.45, 2.75) is 37.8 Å². The van der Waals surface area contributed by atoms with Crippen LogP contribution in [0.25, 0.3) is 0 Å². The van der Waals surface area contributed by atoms with Crippen molar-refractivity contribution < 1.29 is 9.53 Å². The van der Waals surface area contributed by atoms with Crippen LogP contribution >= 0.6 is 0 Å². The number of rotatable bonds is 2. The number of nitrogens with zero attached hydrogens (tertiary/aromatic N) is 2. The number of piperidine rings is 1. The van der Waals surface area contributed by atoms with Gasteiger partial charge >= 0.3 is 0 Å². The van der Waals surface area contributed by atoms with E-state index in [9.17, 15) is 4.79 Å². The number of ether oxygens (including phenoxy) is 1. The van der Waals surface area contributed by atoms with Gasteiger partial charge in [-0.15, -0.1) is 0 Å². The van der Waals surface area contributed by atoms with Gasteiger partial charge in [0.15, 0.2) is 0 Å². The fourth-order valence-electron chi connectivity index (χ4n) is 3.57. The van der Waals surface area contributed by atoms with Gasteiger partial charge in [0.1, 0.15) is 0 Å². The number of hydrogen-bond donors (Lipinski definition) is 1. The summed E-state index contributed by atoms with van der Waals surface area (Å²) in [5, 5.41) is 3.36. The van der Waals surface area contributed by atoms with E-state index in [4.69, 9.17) is 4.74 Å². The molecule has 0 radical (unpaired) electrons. The predicted molar refractivity (Wildman–Crippen MR) is 73.0 cm³/mol. The van der Waals surface area contributed by atoms with Gasteiger partial charge in [0.05, 0.1) is 6.04 Å². The molecule has 19 heavy (non-hydrogen) atoms. The van der Waals surface area contributed by atoms with Crippen LogP contribution in [0.2, 0.25) is 0 Å². The number of amides is 1. The Hall–Kier alpha value is -0.650. The van der Waals surface area contributed by atoms with Crippen molar-refractivity contribution in [3.8, 4) is 0 Å². The van der Waals surface area contributed by atoms with Crippen LogP contribution in [0.4, 0.5) is 0 Å². The lowest BCUT2D eigenvalue weighted by molar-refractivity contribution is -0.145. The second kappa shape index (κ2) is 6.20. The molecular formula is C14H25N3O2. The third-order valence-corrected chi connectivity index (χ3v) is 4.67. The van der Waals surface area contributed by atoms with Gasteiger partial charge in [0, 0.05) is 52.0 Å². The maximum absolute atomic E-state index is 12.7. The zero-order valence-electron chi connectivity index (χ0n) is 11.6. The van der Waals surface area contributed by atoms with E-state index < -0.39 is 0 Å². The zero-order valence-corrected chi connectivity index (χ0v) is 11.6. The standard InChI is InChI=1S/C14H25N3O2/c18-14-13(16-8-5-15-6-9-16)2-1-7-17(14)12-3-10-19-11-4-12/h12-13,15H,1-11H2. The van der Waals surface area contributed by atoms with Crippen LogP contribution in [0.3, 0.4) is 0 Å². The largest absolute Gasteiger partial charge is 0.381 e. The Morgan fingerprint density at radius 2 is 1.79 bits per heavy atom. The number of carbonyl (C=O) groups is 1. The van der Waals surface area contributed by atoms with Crippen molar-refractivity contribution in [3.63, 3.8) is 0 Å². The second-order valence-corrected chi connectivity index (χ2v) is 5.82. The summed E-state index contributed by atoms with van der Waals surface area (Å²) >= 11 is 0. The highest BCUT2D eigenvalue weighted by Gasteiger charge is 2.37. The summed E-state index contributed by atoms with van der Waals surface area (Å²) in [4.78, 5) is 17.3. The Morgan fingerprint density at radius 1 is 1.05 bits per heavy atom. The monoisotopic (exact) mass is 267 g/mol. The number of nitrogens with one attached hydrogen (secondary N) is 1. The van der Waals surface area contributed by atoms with Gasteiger partial charge in [-0.05, 0) is 25.7 Å². The third kappa shape index (κ3) is 2.93. The second-order valence-electron chi connectivity index (χ2n) is 5.82. The van der Waals surface area contributed by atoms with Crippen LogP contribution in [-0.2, 0) is 9.53 Å². The molecule has 5 nitrogen and oxygen atoms in total. The van der Waals surface area contributed by atoms with E-state index in [0.717, 1.165) is 71.6 Å². The molecule has 0 saturated carbocycles. The lowest BCUT2D eigenvalue weighted by atomic mass is 9.97. The van der Waals surface area contributed by atoms with Gasteiger partial charge in [-0.2, -0.15) is 0 Å². The maximum Gasteiger partial charge on any atom is 0.240 e. The van der Waals surface area contributed by atoms with Crippen molar-refractivity contribution >= 4 is 5.91 Å². The van der Waals surface area contributed by atoms with Crippen LogP contribution in [0, 0.1) is 0 Å². The molecule has 1 atom stereocenters. The molecule has 0 spiro atoms. The molecule has 3 saturated heterocycles. The highest BCUT2D eigenvalue weighted by Crippen LogP contribution is 2.23. The average Bonchev–Trinajstić information content (AvgIpc) is 2.49. The average molecular weight is 267 g/mol. The number of carbonyl (C=O) groups excluding carboxylic acids is 1. The van der Waals surface area contributed by atoms with Crippen LogP contribution in [0.15, 0.2) is 0 Å². The molecule has 3 heterocycles. The van der Waals surface area contributed by atoms with Crippen LogP contribution in [-0.4, -0.2) is 73.7 Å². The summed E-state index contributed by atoms with van der Waals surface area (Å²) in [5.74, 6) is 0.375. The van der Waals surface area contributed by atoms with Gasteiger partial charge in [-0.25, -0.2) is 0 Å². The maximum atomic E-state index is 12.7. The van der Waals surface area contributed by atoms with E-state index in [1.165, 1.54) is 0 Å². The van der Waals surface area contributed by atoms with Gasteiger partial charge in [0.2, 0.25) is 5.91 Å². The predicted octanol–water partition coefficient (Wildman–Crippen LogP) is 0.0616. The molecular weight excluding hydrogens is 242 g/mol. The Balaban J connectivity index is 1.64. The topological polar surface area (TPSA) is 44.8 Å². The molecule has 0 aromatic carbocycles. The Labute approximate surface area is 115 Å². The van der Waals surface area contributed by atoms with Crippen LogP contribution < -0.4 is 5.32 Å². The smallest absolute Gasteiger partial charge is 0.240 e. The number of piperazine rings is 1. The van der Waals surface area contributed by atoms with Gasteiger partial charge < -0.3 is 15.0 Å². The minimum atomic E-state index is 0.138. The summed E-state index contributed by atoms with van der Waals surface area (Å²) in [6, 6.07) is 0.561. The summed E-state index contributed by atoms with van der Waals surface area (Å²) in [5.41, 5.74) is 0. The lowest BCUT2D eigenvalue weighted by Crippen LogP contribution is -2.59. The van der Waals surface area contributed by atoms with Crippen LogP contribution in [0.1, 0.15) is 25.7 Å². The highest BCUT2D eigenvalue weighted by molar-refractivity contribution is 5.83. The van der Waals surface area contributed by atoms with Crippen molar-refractivity contribution in [1.29, 1.82) is 0 Å². The van der Waals surface area contributed by atoms with E-state index in [0.29, 0.717) is 11.9 Å². The zero-order chi connectivity index (χ0) is 13.1. The number of likely N-dealkylation sites (tertiary alicyclic amines) is 1. The molecule has 0 aliphatic carbocycles. The number of hydrogen-bond acceptors (Lipinski definition) is 4. The molecule has 0 aromatic heterocycles. The summed E-state index contributed by atoms with van der Waals surface area (Å²) in [7, 11) is 0. The van der Waals surface area contributed by atoms with E-state index in [2.05, 4.69) is 15.1 Å². The van der Waals surface area contributed by atoms with Crippen molar-refractivity contribution in [2.75, 3.05) is 45.9 Å². The molecule has 3 fully saturated rings. The van der Waals surface area contributed by atoms with Gasteiger partial charge in [-0.1, -0.05) is 0 Å². The van der Waals surface area contributed by atoms with Crippen molar-refractivity contribution in [3.05, 3.63) is 0 Å². The molecule has 1 amide bonds. The Kier molecular flexibility index (Phi) is 4.35. The van der Waals surface area contributed by atoms with Gasteiger partial charge in [-0.3, -0.25) is 9.69 Å². The molecule has 5 heteroatoms. The fraction of sp³-hybridized carbons (Fsp3) is 0.929. The fourth-order valence-corrected chi connectivity index (χ4v) is 3.57. The SMILES string of the molecule is O=C1C(N2CCNCC2)CCCN1C1CCOCC1. The van der Waals surface area contributed by atoms with Crippen LogP contribution in [0.5, 0.6) is 0 Å². The van der Waals surface area contributed by atoms with E-state index >= 15 is 0 Å². The Morgan fingerprint density at radius 3 is 2.53 bits per heavy atom. The molecule has 1 unspecified atom stereocenters. The molecule has 1 N–H and O–H groups in total.